The molecule has 1 aromatic rings. The molecule has 2 N–H and O–H groups in total. The van der Waals surface area contributed by atoms with E-state index in [9.17, 15) is 19.7 Å². The number of benzene rings is 1. The number of aliphatic carboxylic acids is 1. The average molecular weight is 317 g/mol. The monoisotopic (exact) mass is 316 g/mol. The number of rotatable bonds is 7. The third-order valence-electron chi connectivity index (χ3n) is 2.63. The molecule has 0 aliphatic rings. The van der Waals surface area contributed by atoms with Crippen LogP contribution in [0.1, 0.15) is 16.8 Å². The first-order chi connectivity index (χ1) is 9.88. The number of carboxylic acids is 1. The third-order valence-corrected chi connectivity index (χ3v) is 2.93. The molecule has 1 rings (SSSR count). The van der Waals surface area contributed by atoms with E-state index in [1.165, 1.54) is 25.3 Å². The zero-order chi connectivity index (χ0) is 16.0. The van der Waals surface area contributed by atoms with Crippen LogP contribution in [0.25, 0.3) is 0 Å². The highest BCUT2D eigenvalue weighted by Crippen LogP contribution is 2.28. The minimum Gasteiger partial charge on any atom is -0.480 e. The van der Waals surface area contributed by atoms with Crippen LogP contribution in [0, 0.1) is 10.1 Å². The molecule has 1 unspecified atom stereocenters. The van der Waals surface area contributed by atoms with Crippen molar-refractivity contribution in [2.75, 3.05) is 13.7 Å². The van der Waals surface area contributed by atoms with Crippen molar-refractivity contribution < 1.29 is 24.4 Å². The first-order valence-corrected chi connectivity index (χ1v) is 6.21. The van der Waals surface area contributed by atoms with Crippen molar-refractivity contribution in [1.29, 1.82) is 0 Å². The van der Waals surface area contributed by atoms with Gasteiger partial charge in [0.15, 0.2) is 0 Å². The number of carboxylic acid groups (broad SMARTS) is 1. The first kappa shape index (κ1) is 16.9. The zero-order valence-electron chi connectivity index (χ0n) is 11.0. The summed E-state index contributed by atoms with van der Waals surface area (Å²) >= 11 is 5.69. The molecule has 0 saturated carbocycles. The van der Waals surface area contributed by atoms with E-state index < -0.39 is 28.5 Å². The third kappa shape index (κ3) is 4.40. The lowest BCUT2D eigenvalue weighted by atomic mass is 10.1. The van der Waals surface area contributed by atoms with Crippen molar-refractivity contribution in [2.24, 2.45) is 0 Å². The van der Waals surface area contributed by atoms with Crippen LogP contribution in [-0.2, 0) is 9.53 Å². The van der Waals surface area contributed by atoms with Gasteiger partial charge in [0.1, 0.15) is 16.6 Å². The topological polar surface area (TPSA) is 119 Å². The van der Waals surface area contributed by atoms with Crippen LogP contribution in [0.5, 0.6) is 0 Å². The van der Waals surface area contributed by atoms with Gasteiger partial charge >= 0.3 is 11.7 Å². The molecule has 0 saturated heterocycles. The van der Waals surface area contributed by atoms with Gasteiger partial charge in [0, 0.05) is 20.1 Å². The maximum absolute atomic E-state index is 12.0. The summed E-state index contributed by atoms with van der Waals surface area (Å²) in [6.45, 7) is 0.120. The van der Waals surface area contributed by atoms with Crippen molar-refractivity contribution in [3.8, 4) is 0 Å². The Balaban J connectivity index is 3.00. The van der Waals surface area contributed by atoms with Crippen LogP contribution in [0.4, 0.5) is 5.69 Å². The Labute approximate surface area is 124 Å². The fourth-order valence-electron chi connectivity index (χ4n) is 1.61. The molecule has 0 aliphatic carbocycles. The van der Waals surface area contributed by atoms with E-state index in [-0.39, 0.29) is 23.6 Å². The van der Waals surface area contributed by atoms with Crippen molar-refractivity contribution >= 4 is 29.2 Å². The molecule has 0 aliphatic heterocycles. The van der Waals surface area contributed by atoms with Gasteiger partial charge in [-0.1, -0.05) is 17.7 Å². The minimum absolute atomic E-state index is 0.0337. The zero-order valence-corrected chi connectivity index (χ0v) is 11.8. The van der Waals surface area contributed by atoms with Crippen LogP contribution in [0.3, 0.4) is 0 Å². The number of halogens is 1. The summed E-state index contributed by atoms with van der Waals surface area (Å²) in [5, 5.41) is 22.0. The molecule has 21 heavy (non-hydrogen) atoms. The van der Waals surface area contributed by atoms with Gasteiger partial charge in [0.05, 0.1) is 4.92 Å². The Hall–Kier alpha value is -2.19. The second kappa shape index (κ2) is 7.55. The number of amides is 1. The van der Waals surface area contributed by atoms with E-state index in [2.05, 4.69) is 5.32 Å². The standard InChI is InChI=1S/C12H13ClN2O6/c1-21-6-5-9(12(17)18)14-11(16)7-3-2-4-8(13)10(7)15(19)20/h2-4,9H,5-6H2,1H3,(H,14,16)(H,17,18). The summed E-state index contributed by atoms with van der Waals surface area (Å²) in [5.74, 6) is -2.14. The molecule has 114 valence electrons. The highest BCUT2D eigenvalue weighted by atomic mass is 35.5. The SMILES string of the molecule is COCCC(NC(=O)c1cccc(Cl)c1[N+](=O)[O-])C(=O)O. The molecule has 1 amide bonds. The van der Waals surface area contributed by atoms with Gasteiger partial charge in [-0.05, 0) is 12.1 Å². The second-order valence-corrected chi connectivity index (χ2v) is 4.45. The Morgan fingerprint density at radius 1 is 1.52 bits per heavy atom. The van der Waals surface area contributed by atoms with E-state index in [1.54, 1.807) is 0 Å². The Morgan fingerprint density at radius 3 is 2.71 bits per heavy atom. The number of hydrogen-bond acceptors (Lipinski definition) is 5. The van der Waals surface area contributed by atoms with Crippen molar-refractivity contribution in [2.45, 2.75) is 12.5 Å². The largest absolute Gasteiger partial charge is 0.480 e. The van der Waals surface area contributed by atoms with E-state index >= 15 is 0 Å². The normalized spacial score (nSPS) is 11.7. The lowest BCUT2D eigenvalue weighted by Crippen LogP contribution is -2.41. The van der Waals surface area contributed by atoms with Crippen LogP contribution < -0.4 is 5.32 Å². The van der Waals surface area contributed by atoms with Gasteiger partial charge in [-0.2, -0.15) is 0 Å². The summed E-state index contributed by atoms with van der Waals surface area (Å²) in [5.41, 5.74) is -0.858. The molecular formula is C12H13ClN2O6. The molecule has 1 atom stereocenters. The lowest BCUT2D eigenvalue weighted by molar-refractivity contribution is -0.385. The fraction of sp³-hybridized carbons (Fsp3) is 0.333. The van der Waals surface area contributed by atoms with Gasteiger partial charge in [-0.3, -0.25) is 14.9 Å². The summed E-state index contributed by atoms with van der Waals surface area (Å²) in [6, 6.07) is 2.64. The molecule has 9 heteroatoms. The number of nitro groups is 1. The molecule has 0 aromatic heterocycles. The number of carbonyl (C=O) groups is 2. The highest BCUT2D eigenvalue weighted by Gasteiger charge is 2.27. The van der Waals surface area contributed by atoms with Crippen LogP contribution >= 0.6 is 11.6 Å². The van der Waals surface area contributed by atoms with E-state index in [0.717, 1.165) is 0 Å². The van der Waals surface area contributed by atoms with Crippen molar-refractivity contribution in [1.82, 2.24) is 5.32 Å². The van der Waals surface area contributed by atoms with E-state index in [1.807, 2.05) is 0 Å². The van der Waals surface area contributed by atoms with E-state index in [0.29, 0.717) is 0 Å². The number of nitrogens with zero attached hydrogens (tertiary/aromatic N) is 1. The van der Waals surface area contributed by atoms with Gasteiger partial charge < -0.3 is 15.2 Å². The van der Waals surface area contributed by atoms with Crippen LogP contribution in [0.15, 0.2) is 18.2 Å². The summed E-state index contributed by atoms with van der Waals surface area (Å²) in [7, 11) is 1.39. The Kier molecular flexibility index (Phi) is 6.07. The molecule has 0 bridgehead atoms. The number of methoxy groups -OCH3 is 1. The summed E-state index contributed by atoms with van der Waals surface area (Å²) < 4.78 is 4.75. The van der Waals surface area contributed by atoms with Crippen LogP contribution in [0.2, 0.25) is 5.02 Å². The lowest BCUT2D eigenvalue weighted by Gasteiger charge is -2.14. The predicted molar refractivity (Wildman–Crippen MR) is 73.5 cm³/mol. The quantitative estimate of drug-likeness (QED) is 0.580. The molecule has 1 aromatic carbocycles. The van der Waals surface area contributed by atoms with Gasteiger partial charge in [-0.25, -0.2) is 4.79 Å². The Morgan fingerprint density at radius 2 is 2.19 bits per heavy atom. The molecular weight excluding hydrogens is 304 g/mol. The number of hydrogen-bond donors (Lipinski definition) is 2. The number of nitro benzene ring substituents is 1. The molecule has 0 heterocycles. The van der Waals surface area contributed by atoms with Crippen molar-refractivity contribution in [3.63, 3.8) is 0 Å². The average Bonchev–Trinajstić information content (AvgIpc) is 2.42. The second-order valence-electron chi connectivity index (χ2n) is 4.04. The van der Waals surface area contributed by atoms with Gasteiger partial charge in [0.2, 0.25) is 0 Å². The smallest absolute Gasteiger partial charge is 0.326 e. The highest BCUT2D eigenvalue weighted by molar-refractivity contribution is 6.33. The maximum atomic E-state index is 12.0. The first-order valence-electron chi connectivity index (χ1n) is 5.84. The summed E-state index contributed by atoms with van der Waals surface area (Å²) in [4.78, 5) is 33.2. The molecule has 0 fully saturated rings. The predicted octanol–water partition coefficient (Wildman–Crippen LogP) is 1.47. The molecule has 0 radical (unpaired) electrons. The van der Waals surface area contributed by atoms with Crippen LogP contribution in [-0.4, -0.2) is 41.7 Å². The minimum atomic E-state index is -1.26. The fourth-order valence-corrected chi connectivity index (χ4v) is 1.86. The van der Waals surface area contributed by atoms with Crippen molar-refractivity contribution in [3.05, 3.63) is 38.9 Å². The number of nitrogens with one attached hydrogen (secondary N) is 1. The van der Waals surface area contributed by atoms with Gasteiger partial charge in [0.25, 0.3) is 5.91 Å². The molecule has 8 nitrogen and oxygen atoms in total. The summed E-state index contributed by atoms with van der Waals surface area (Å²) in [6.07, 6.45) is 0.0337. The maximum Gasteiger partial charge on any atom is 0.326 e. The van der Waals surface area contributed by atoms with E-state index in [4.69, 9.17) is 21.4 Å². The van der Waals surface area contributed by atoms with Gasteiger partial charge in [-0.15, -0.1) is 0 Å². The number of ether oxygens (including phenoxy) is 1. The molecule has 0 spiro atoms. The number of para-hydroxylation sites is 1. The Bertz CT molecular complexity index is 563. The number of carbonyl (C=O) groups excluding carboxylic acids is 1.